The fraction of sp³-hybridized carbons (Fsp3) is 0.794. The topological polar surface area (TPSA) is 78.9 Å². The Hall–Kier alpha value is -2.89. The van der Waals surface area contributed by atoms with Gasteiger partial charge < -0.3 is 14.2 Å². The molecule has 0 unspecified atom stereocenters. The van der Waals surface area contributed by atoms with Gasteiger partial charge in [-0.3, -0.25) is 14.4 Å². The number of carbonyl (C=O) groups excluding carboxylic acids is 3. The summed E-state index contributed by atoms with van der Waals surface area (Å²) in [5, 5.41) is 0. The van der Waals surface area contributed by atoms with E-state index >= 15 is 0 Å². The molecule has 0 fully saturated rings. The molecule has 0 amide bonds. The van der Waals surface area contributed by atoms with Crippen molar-refractivity contribution in [2.45, 2.75) is 309 Å². The molecule has 0 aromatic carbocycles. The lowest BCUT2D eigenvalue weighted by Crippen LogP contribution is -2.30. The SMILES string of the molecule is CCCCC/C=C/C/C=C/CCCCCCCCCCCC(=O)OC[C@@H](COC(=O)CCCCCCCCC/C=C/CCCCCC)OC(=O)CCCCCCCCC/C=C/C/C=C/CCCCC. The Morgan fingerprint density at radius 2 is 0.522 bits per heavy atom. The summed E-state index contributed by atoms with van der Waals surface area (Å²) in [7, 11) is 0. The summed E-state index contributed by atoms with van der Waals surface area (Å²) in [5.74, 6) is -0.884. The summed E-state index contributed by atoms with van der Waals surface area (Å²) in [4.78, 5) is 38.2. The molecule has 0 saturated heterocycles. The first kappa shape index (κ1) is 66.1. The summed E-state index contributed by atoms with van der Waals surface area (Å²) in [6.07, 6.45) is 72.0. The first-order valence-electron chi connectivity index (χ1n) is 29.8. The van der Waals surface area contributed by atoms with Crippen LogP contribution in [0.2, 0.25) is 0 Å². The highest BCUT2D eigenvalue weighted by atomic mass is 16.6. The molecule has 6 heteroatoms. The maximum Gasteiger partial charge on any atom is 0.306 e. The van der Waals surface area contributed by atoms with Crippen molar-refractivity contribution in [2.24, 2.45) is 0 Å². The van der Waals surface area contributed by atoms with Crippen LogP contribution in [-0.2, 0) is 28.6 Å². The molecule has 0 spiro atoms. The highest BCUT2D eigenvalue weighted by Crippen LogP contribution is 2.16. The van der Waals surface area contributed by atoms with Crippen molar-refractivity contribution in [1.82, 2.24) is 0 Å². The Bertz CT molecular complexity index is 1250. The zero-order chi connectivity index (χ0) is 50.0. The maximum absolute atomic E-state index is 12.9. The number of unbranched alkanes of at least 4 members (excludes halogenated alkanes) is 33. The van der Waals surface area contributed by atoms with Crippen molar-refractivity contribution in [3.05, 3.63) is 60.8 Å². The maximum atomic E-state index is 12.9. The molecule has 0 N–H and O–H groups in total. The van der Waals surface area contributed by atoms with Crippen LogP contribution in [0.15, 0.2) is 60.8 Å². The van der Waals surface area contributed by atoms with E-state index in [1.165, 1.54) is 186 Å². The fourth-order valence-electron chi connectivity index (χ4n) is 8.44. The lowest BCUT2D eigenvalue weighted by atomic mass is 10.1. The van der Waals surface area contributed by atoms with E-state index in [0.717, 1.165) is 77.0 Å². The van der Waals surface area contributed by atoms with Crippen molar-refractivity contribution in [3.63, 3.8) is 0 Å². The number of rotatable bonds is 54. The molecular formula is C63H112O6. The van der Waals surface area contributed by atoms with Crippen molar-refractivity contribution < 1.29 is 28.6 Å². The van der Waals surface area contributed by atoms with Crippen LogP contribution in [0.4, 0.5) is 0 Å². The van der Waals surface area contributed by atoms with Gasteiger partial charge in [-0.1, -0.05) is 236 Å². The predicted octanol–water partition coefficient (Wildman–Crippen LogP) is 20.0. The average Bonchev–Trinajstić information content (AvgIpc) is 3.35. The van der Waals surface area contributed by atoms with Gasteiger partial charge in [0.25, 0.3) is 0 Å². The number of carbonyl (C=O) groups is 3. The zero-order valence-electron chi connectivity index (χ0n) is 45.8. The van der Waals surface area contributed by atoms with Gasteiger partial charge in [0, 0.05) is 19.3 Å². The lowest BCUT2D eigenvalue weighted by molar-refractivity contribution is -0.167. The highest BCUT2D eigenvalue weighted by molar-refractivity contribution is 5.71. The van der Waals surface area contributed by atoms with E-state index in [2.05, 4.69) is 81.5 Å². The summed E-state index contributed by atoms with van der Waals surface area (Å²) in [5.41, 5.74) is 0. The third-order valence-corrected chi connectivity index (χ3v) is 13.0. The average molecular weight is 966 g/mol. The van der Waals surface area contributed by atoms with Gasteiger partial charge in [0.1, 0.15) is 13.2 Å². The van der Waals surface area contributed by atoms with E-state index in [-0.39, 0.29) is 31.1 Å². The molecule has 0 aliphatic heterocycles. The van der Waals surface area contributed by atoms with Crippen molar-refractivity contribution in [1.29, 1.82) is 0 Å². The van der Waals surface area contributed by atoms with E-state index in [9.17, 15) is 14.4 Å². The van der Waals surface area contributed by atoms with E-state index in [1.54, 1.807) is 0 Å². The zero-order valence-corrected chi connectivity index (χ0v) is 45.8. The van der Waals surface area contributed by atoms with Crippen LogP contribution < -0.4 is 0 Å². The summed E-state index contributed by atoms with van der Waals surface area (Å²) in [6, 6.07) is 0. The molecule has 400 valence electrons. The molecule has 0 bridgehead atoms. The van der Waals surface area contributed by atoms with Gasteiger partial charge in [-0.05, 0) is 109 Å². The fourth-order valence-corrected chi connectivity index (χ4v) is 8.44. The molecule has 0 rings (SSSR count). The Kier molecular flexibility index (Phi) is 55.3. The molecule has 0 heterocycles. The van der Waals surface area contributed by atoms with Crippen LogP contribution in [0, 0.1) is 0 Å². The second kappa shape index (κ2) is 57.7. The van der Waals surface area contributed by atoms with Gasteiger partial charge in [0.15, 0.2) is 6.10 Å². The molecule has 6 nitrogen and oxygen atoms in total. The predicted molar refractivity (Wildman–Crippen MR) is 298 cm³/mol. The Labute approximate surface area is 428 Å². The molecule has 0 aliphatic rings. The second-order valence-corrected chi connectivity index (χ2v) is 19.9. The van der Waals surface area contributed by atoms with Crippen LogP contribution in [0.25, 0.3) is 0 Å². The number of esters is 3. The molecule has 1 atom stereocenters. The number of allylic oxidation sites excluding steroid dienone is 10. The third-order valence-electron chi connectivity index (χ3n) is 13.0. The van der Waals surface area contributed by atoms with Crippen molar-refractivity contribution >= 4 is 17.9 Å². The van der Waals surface area contributed by atoms with Gasteiger partial charge in [0.2, 0.25) is 0 Å². The normalized spacial score (nSPS) is 12.4. The highest BCUT2D eigenvalue weighted by Gasteiger charge is 2.19. The van der Waals surface area contributed by atoms with Gasteiger partial charge in [0.05, 0.1) is 0 Å². The Morgan fingerprint density at radius 3 is 0.841 bits per heavy atom. The summed E-state index contributed by atoms with van der Waals surface area (Å²) in [6.45, 7) is 6.59. The van der Waals surface area contributed by atoms with Gasteiger partial charge in [-0.15, -0.1) is 0 Å². The quantitative estimate of drug-likeness (QED) is 0.0262. The van der Waals surface area contributed by atoms with Crippen molar-refractivity contribution in [2.75, 3.05) is 13.2 Å². The van der Waals surface area contributed by atoms with E-state index in [1.807, 2.05) is 0 Å². The minimum atomic E-state index is -0.782. The first-order chi connectivity index (χ1) is 34.0. The minimum Gasteiger partial charge on any atom is -0.462 e. The number of ether oxygens (including phenoxy) is 3. The van der Waals surface area contributed by atoms with E-state index in [0.29, 0.717) is 19.3 Å². The number of hydrogen-bond acceptors (Lipinski definition) is 6. The van der Waals surface area contributed by atoms with Crippen LogP contribution >= 0.6 is 0 Å². The summed E-state index contributed by atoms with van der Waals surface area (Å²) >= 11 is 0. The van der Waals surface area contributed by atoms with Gasteiger partial charge in [-0.25, -0.2) is 0 Å². The molecule has 69 heavy (non-hydrogen) atoms. The minimum absolute atomic E-state index is 0.0798. The molecular weight excluding hydrogens is 853 g/mol. The second-order valence-electron chi connectivity index (χ2n) is 19.9. The monoisotopic (exact) mass is 965 g/mol. The van der Waals surface area contributed by atoms with E-state index in [4.69, 9.17) is 14.2 Å². The Morgan fingerprint density at radius 1 is 0.290 bits per heavy atom. The molecule has 0 aromatic heterocycles. The number of hydrogen-bond donors (Lipinski definition) is 0. The van der Waals surface area contributed by atoms with Crippen LogP contribution in [0.3, 0.4) is 0 Å². The third kappa shape index (κ3) is 55.9. The molecule has 0 aromatic rings. The molecule has 0 aliphatic carbocycles. The smallest absolute Gasteiger partial charge is 0.306 e. The van der Waals surface area contributed by atoms with Crippen LogP contribution in [0.5, 0.6) is 0 Å². The molecule has 0 saturated carbocycles. The first-order valence-corrected chi connectivity index (χ1v) is 29.8. The lowest BCUT2D eigenvalue weighted by Gasteiger charge is -2.18. The van der Waals surface area contributed by atoms with Gasteiger partial charge in [-0.2, -0.15) is 0 Å². The van der Waals surface area contributed by atoms with Crippen LogP contribution in [0.1, 0.15) is 303 Å². The largest absolute Gasteiger partial charge is 0.462 e. The van der Waals surface area contributed by atoms with Gasteiger partial charge >= 0.3 is 17.9 Å². The Balaban J connectivity index is 4.38. The summed E-state index contributed by atoms with van der Waals surface area (Å²) < 4.78 is 16.9. The molecule has 0 radical (unpaired) electrons. The van der Waals surface area contributed by atoms with Crippen molar-refractivity contribution in [3.8, 4) is 0 Å². The van der Waals surface area contributed by atoms with Crippen LogP contribution in [-0.4, -0.2) is 37.2 Å². The standard InChI is InChI=1S/C63H112O6/c1-4-7-10-13-16-19-22-25-28-30-31-33-35-38-41-44-47-50-53-56-62(65)68-59-60(58-67-61(64)55-52-49-46-43-40-37-34-27-24-21-18-15-12-9-6-3)69-63(66)57-54-51-48-45-42-39-36-32-29-26-23-20-17-14-11-8-5-2/h16-17,19-21,24-26,28-29,60H,4-15,18,22-23,27,30-59H2,1-3H3/b19-16+,20-17+,24-21+,28-25+,29-26+/t60-/m1/s1. The van der Waals surface area contributed by atoms with E-state index < -0.39 is 6.10 Å².